The van der Waals surface area contributed by atoms with Crippen molar-refractivity contribution in [3.8, 4) is 11.4 Å². The summed E-state index contributed by atoms with van der Waals surface area (Å²) in [6.07, 6.45) is 11.4. The second kappa shape index (κ2) is 20.4. The van der Waals surface area contributed by atoms with Crippen LogP contribution in [0.4, 0.5) is 34.6 Å². The average Bonchev–Trinajstić information content (AvgIpc) is 4.08. The molecule has 0 radical (unpaired) electrons. The van der Waals surface area contributed by atoms with E-state index in [1.54, 1.807) is 63.9 Å². The van der Waals surface area contributed by atoms with Crippen LogP contribution in [0, 0.1) is 5.92 Å². The summed E-state index contributed by atoms with van der Waals surface area (Å²) >= 11 is 12.8. The van der Waals surface area contributed by atoms with Gasteiger partial charge in [0.05, 0.1) is 21.4 Å². The van der Waals surface area contributed by atoms with Crippen LogP contribution < -0.4 is 37.7 Å². The van der Waals surface area contributed by atoms with Crippen LogP contribution in [-0.2, 0) is 4.79 Å². The molecule has 71 heavy (non-hydrogen) atoms. The molecule has 1 amide bonds. The summed E-state index contributed by atoms with van der Waals surface area (Å²) in [5.41, 5.74) is 4.69. The van der Waals surface area contributed by atoms with Crippen molar-refractivity contribution < 1.29 is 4.79 Å². The maximum Gasteiger partial charge on any atom is 0.270 e. The fraction of sp³-hybridized carbons (Fsp3) is 0.180. The predicted octanol–water partition coefficient (Wildman–Crippen LogP) is 7.56. The summed E-state index contributed by atoms with van der Waals surface area (Å²) in [7, 11) is 4.09. The first-order valence-electron chi connectivity index (χ1n) is 22.7. The highest BCUT2D eigenvalue weighted by Crippen LogP contribution is 2.26. The molecule has 1 aliphatic rings. The van der Waals surface area contributed by atoms with Gasteiger partial charge in [-0.05, 0) is 113 Å². The second-order valence-corrected chi connectivity index (χ2v) is 17.7. The number of rotatable bonds is 12. The zero-order chi connectivity index (χ0) is 49.0. The van der Waals surface area contributed by atoms with Crippen LogP contribution in [0.3, 0.4) is 0 Å². The molecule has 1 aliphatic heterocycles. The van der Waals surface area contributed by atoms with Gasteiger partial charge in [0.25, 0.3) is 11.1 Å². The van der Waals surface area contributed by atoms with E-state index in [1.807, 2.05) is 80.8 Å². The van der Waals surface area contributed by atoms with Gasteiger partial charge in [-0.25, -0.2) is 29.1 Å². The Balaban J connectivity index is 0.000000165. The smallest absolute Gasteiger partial charge is 0.270 e. The van der Waals surface area contributed by atoms with Crippen molar-refractivity contribution in [2.24, 2.45) is 5.92 Å². The lowest BCUT2D eigenvalue weighted by atomic mass is 9.97. The molecular weight excluding hydrogens is 944 g/mol. The van der Waals surface area contributed by atoms with Gasteiger partial charge in [-0.2, -0.15) is 9.97 Å². The number of carbonyl (C=O) groups excluding carboxylic acids is 1. The number of amides is 1. The van der Waals surface area contributed by atoms with Crippen LogP contribution in [0.2, 0.25) is 10.0 Å². The van der Waals surface area contributed by atoms with Crippen molar-refractivity contribution in [3.63, 3.8) is 0 Å². The summed E-state index contributed by atoms with van der Waals surface area (Å²) in [4.78, 5) is 68.1. The number of carbonyl (C=O) groups is 1. The molecule has 0 aliphatic carbocycles. The van der Waals surface area contributed by atoms with Crippen LogP contribution in [-0.4, -0.2) is 98.9 Å². The van der Waals surface area contributed by atoms with Gasteiger partial charge in [0.15, 0.2) is 11.3 Å². The Morgan fingerprint density at radius 3 is 1.59 bits per heavy atom. The van der Waals surface area contributed by atoms with Crippen molar-refractivity contribution >= 4 is 97.4 Å². The van der Waals surface area contributed by atoms with Gasteiger partial charge in [0.1, 0.15) is 10.8 Å². The molecule has 1 fully saturated rings. The van der Waals surface area contributed by atoms with Crippen molar-refractivity contribution in [1.29, 1.82) is 0 Å². The monoisotopic (exact) mass is 988 g/mol. The van der Waals surface area contributed by atoms with Crippen LogP contribution in [0.5, 0.6) is 0 Å². The average molecular weight is 990 g/mol. The topological polar surface area (TPSA) is 211 Å². The highest BCUT2D eigenvalue weighted by molar-refractivity contribution is 6.32. The minimum absolute atomic E-state index is 0.0348. The minimum Gasteiger partial charge on any atom is -0.384 e. The first-order chi connectivity index (χ1) is 34.6. The first-order valence-corrected chi connectivity index (χ1v) is 23.5. The fourth-order valence-electron chi connectivity index (χ4n) is 8.23. The molecule has 0 atom stereocenters. The number of nitrogens with one attached hydrogen (secondary N) is 5. The van der Waals surface area contributed by atoms with Gasteiger partial charge in [-0.15, -0.1) is 0 Å². The summed E-state index contributed by atoms with van der Waals surface area (Å²) in [5.74, 6) is 1.60. The summed E-state index contributed by atoms with van der Waals surface area (Å²) in [6.45, 7) is 3.55. The van der Waals surface area contributed by atoms with Gasteiger partial charge >= 0.3 is 0 Å². The zero-order valence-corrected chi connectivity index (χ0v) is 39.9. The number of hydrogen-bond donors (Lipinski definition) is 5. The quantitative estimate of drug-likeness (QED) is 0.0800. The van der Waals surface area contributed by atoms with E-state index in [2.05, 4.69) is 61.4 Å². The third kappa shape index (κ3) is 9.84. The molecule has 0 bridgehead atoms. The Morgan fingerprint density at radius 2 is 1.11 bits per heavy atom. The van der Waals surface area contributed by atoms with E-state index in [9.17, 15) is 14.4 Å². The highest BCUT2D eigenvalue weighted by atomic mass is 35.5. The first kappa shape index (κ1) is 46.5. The molecule has 11 rings (SSSR count). The molecule has 0 saturated carbocycles. The molecule has 0 spiro atoms. The molecule has 19 nitrogen and oxygen atoms in total. The molecular formula is C50H46Cl2N16O3. The van der Waals surface area contributed by atoms with Gasteiger partial charge in [0, 0.05) is 78.9 Å². The van der Waals surface area contributed by atoms with Gasteiger partial charge in [0.2, 0.25) is 29.4 Å². The Labute approximate surface area is 415 Å². The van der Waals surface area contributed by atoms with Crippen LogP contribution >= 0.6 is 23.2 Å². The molecule has 21 heteroatoms. The zero-order valence-electron chi connectivity index (χ0n) is 38.4. The Hall–Kier alpha value is -8.23. The van der Waals surface area contributed by atoms with Gasteiger partial charge in [-0.1, -0.05) is 47.5 Å². The standard InChI is InChI=1S/C26H23ClN8O2.C24H23ClN8O/c27-20-3-1-2-4-21(20)35-24(37)19-15-30-25(33-22(19)34-14-13-29-26(34)35)32-18-7-5-17(6-8-18)31-23(36)16-9-11-28-12-10-16;1-31(2)13-11-26-16-7-9-17(10-8-16)29-23-28-15-18-21(30-23)32-14-12-27-24(32)33(22(18)34)20-6-4-3-5-19(20)25/h1-8,13-16,28H,9-12H2,(H,31,36)(H,30,32,33);3-10,12,14-15,26H,11,13H2,1-2H3,(H,28,29,30). The number of para-hydroxylation sites is 2. The Kier molecular flexibility index (Phi) is 13.4. The number of nitrogens with zero attached hydrogens (tertiary/aromatic N) is 11. The van der Waals surface area contributed by atoms with E-state index in [1.165, 1.54) is 21.5 Å². The molecule has 5 N–H and O–H groups in total. The normalized spacial score (nSPS) is 12.9. The molecule has 1 saturated heterocycles. The van der Waals surface area contributed by atoms with Crippen molar-refractivity contribution in [3.05, 3.63) is 165 Å². The van der Waals surface area contributed by atoms with E-state index in [0.29, 0.717) is 66.9 Å². The Bertz CT molecular complexity index is 3680. The maximum atomic E-state index is 13.4. The highest BCUT2D eigenvalue weighted by Gasteiger charge is 2.22. The van der Waals surface area contributed by atoms with E-state index < -0.39 is 0 Å². The second-order valence-electron chi connectivity index (χ2n) is 16.9. The number of piperidine rings is 1. The van der Waals surface area contributed by atoms with E-state index in [-0.39, 0.29) is 22.9 Å². The predicted molar refractivity (Wildman–Crippen MR) is 279 cm³/mol. The van der Waals surface area contributed by atoms with Crippen molar-refractivity contribution in [1.82, 2.24) is 58.1 Å². The number of likely N-dealkylation sites (N-methyl/N-ethyl adjacent to an activating group) is 1. The minimum atomic E-state index is -0.317. The van der Waals surface area contributed by atoms with E-state index in [4.69, 9.17) is 23.2 Å². The summed E-state index contributed by atoms with van der Waals surface area (Å²) < 4.78 is 6.41. The van der Waals surface area contributed by atoms with Crippen LogP contribution in [0.1, 0.15) is 12.8 Å². The molecule has 6 aromatic heterocycles. The number of imidazole rings is 2. The number of halogens is 2. The van der Waals surface area contributed by atoms with Crippen molar-refractivity contribution in [2.75, 3.05) is 61.5 Å². The largest absolute Gasteiger partial charge is 0.384 e. The third-order valence-corrected chi connectivity index (χ3v) is 12.5. The molecule has 7 heterocycles. The van der Waals surface area contributed by atoms with Crippen molar-refractivity contribution in [2.45, 2.75) is 12.8 Å². The summed E-state index contributed by atoms with van der Waals surface area (Å²) in [6, 6.07) is 29.5. The van der Waals surface area contributed by atoms with Crippen LogP contribution in [0.15, 0.2) is 144 Å². The number of fused-ring (bicyclic) bond motifs is 6. The van der Waals surface area contributed by atoms with E-state index >= 15 is 0 Å². The van der Waals surface area contributed by atoms with Crippen LogP contribution in [0.25, 0.3) is 45.0 Å². The molecule has 4 aromatic carbocycles. The lowest BCUT2D eigenvalue weighted by Gasteiger charge is -2.21. The number of benzene rings is 4. The number of hydrogen-bond acceptors (Lipinski definition) is 14. The third-order valence-electron chi connectivity index (χ3n) is 11.8. The molecule has 358 valence electrons. The maximum absolute atomic E-state index is 13.4. The molecule has 10 aromatic rings. The SMILES string of the molecule is CN(C)CCNc1ccc(Nc2ncc3c(=O)n(-c4ccccc4Cl)c4nccn4c3n2)cc1.O=C(Nc1ccc(Nc2ncc3c(=O)n(-c4ccccc4Cl)c4nccn4c3n2)cc1)C1CCNCC1. The van der Waals surface area contributed by atoms with Gasteiger partial charge in [-0.3, -0.25) is 23.2 Å². The number of anilines is 6. The summed E-state index contributed by atoms with van der Waals surface area (Å²) in [5, 5.41) is 17.6. The van der Waals surface area contributed by atoms with E-state index in [0.717, 1.165) is 61.8 Å². The molecule has 0 unspecified atom stereocenters. The van der Waals surface area contributed by atoms with Gasteiger partial charge < -0.3 is 31.5 Å². The lowest BCUT2D eigenvalue weighted by molar-refractivity contribution is -0.120. The lowest BCUT2D eigenvalue weighted by Crippen LogP contribution is -2.34. The fourth-order valence-corrected chi connectivity index (χ4v) is 8.67. The number of aromatic nitrogens is 10. The Morgan fingerprint density at radius 1 is 0.648 bits per heavy atom.